The largest absolute Gasteiger partial charge is 0.497 e. The Kier molecular flexibility index (Phi) is 6.32. The van der Waals surface area contributed by atoms with Crippen molar-refractivity contribution in [1.29, 1.82) is 0 Å². The van der Waals surface area contributed by atoms with Crippen molar-refractivity contribution in [3.8, 4) is 23.0 Å². The van der Waals surface area contributed by atoms with Crippen molar-refractivity contribution in [2.45, 2.75) is 81.8 Å². The minimum absolute atomic E-state index is 0.0220. The molecule has 1 spiro atoms. The fourth-order valence-corrected chi connectivity index (χ4v) is 6.99. The van der Waals surface area contributed by atoms with E-state index in [4.69, 9.17) is 18.9 Å². The van der Waals surface area contributed by atoms with Crippen LogP contribution in [0.3, 0.4) is 0 Å². The molecule has 35 heavy (non-hydrogen) atoms. The Hall–Kier alpha value is -2.89. The number of aliphatic carboxylic acids is 1. The lowest BCUT2D eigenvalue weighted by Crippen LogP contribution is -2.57. The Balaban J connectivity index is 1.72. The van der Waals surface area contributed by atoms with E-state index in [0.717, 1.165) is 49.2 Å². The van der Waals surface area contributed by atoms with Gasteiger partial charge in [0.25, 0.3) is 0 Å². The molecule has 3 atom stereocenters. The van der Waals surface area contributed by atoms with Crippen molar-refractivity contribution < 1.29 is 28.8 Å². The first-order valence-electron chi connectivity index (χ1n) is 12.9. The van der Waals surface area contributed by atoms with Gasteiger partial charge in [-0.2, -0.15) is 0 Å². The van der Waals surface area contributed by atoms with Gasteiger partial charge in [-0.3, -0.25) is 0 Å². The van der Waals surface area contributed by atoms with E-state index >= 15 is 0 Å². The fourth-order valence-electron chi connectivity index (χ4n) is 6.99. The quantitative estimate of drug-likeness (QED) is 0.528. The number of carbonyl (C=O) groups is 1. The van der Waals surface area contributed by atoms with Gasteiger partial charge in [0, 0.05) is 34.6 Å². The minimum atomic E-state index is -1.00. The summed E-state index contributed by atoms with van der Waals surface area (Å²) in [5, 5.41) is 9.59. The molecule has 2 aliphatic carbocycles. The Labute approximate surface area is 207 Å². The summed E-state index contributed by atoms with van der Waals surface area (Å²) in [5.74, 6) is 2.11. The van der Waals surface area contributed by atoms with Gasteiger partial charge in [0.2, 0.25) is 0 Å². The lowest BCUT2D eigenvalue weighted by molar-refractivity contribution is -0.144. The summed E-state index contributed by atoms with van der Waals surface area (Å²) in [6.45, 7) is 1.56. The molecular formula is C29H36O6. The third kappa shape index (κ3) is 3.91. The molecule has 2 aromatic carbocycles. The number of carboxylic acid groups (broad SMARTS) is 1. The maximum atomic E-state index is 11.7. The molecule has 0 bridgehead atoms. The van der Waals surface area contributed by atoms with Gasteiger partial charge in [-0.05, 0) is 57.2 Å². The van der Waals surface area contributed by atoms with Crippen LogP contribution >= 0.6 is 0 Å². The molecule has 0 radical (unpaired) electrons. The number of rotatable bonds is 6. The molecule has 1 heterocycles. The number of carboxylic acids is 1. The molecule has 2 saturated carbocycles. The Morgan fingerprint density at radius 1 is 0.943 bits per heavy atom. The normalized spacial score (nSPS) is 25.5. The molecule has 3 unspecified atom stereocenters. The summed E-state index contributed by atoms with van der Waals surface area (Å²) in [6.07, 6.45) is 9.12. The zero-order valence-electron chi connectivity index (χ0n) is 21.0. The highest BCUT2D eigenvalue weighted by atomic mass is 16.5. The van der Waals surface area contributed by atoms with E-state index in [2.05, 4.69) is 12.1 Å². The van der Waals surface area contributed by atoms with E-state index in [-0.39, 0.29) is 11.3 Å². The van der Waals surface area contributed by atoms with Gasteiger partial charge < -0.3 is 24.1 Å². The van der Waals surface area contributed by atoms with Crippen LogP contribution in [0.1, 0.15) is 75.8 Å². The topological polar surface area (TPSA) is 74.2 Å². The third-order valence-electron chi connectivity index (χ3n) is 8.58. The molecule has 188 valence electrons. The molecule has 0 amide bonds. The Bertz CT molecular complexity index is 1090. The van der Waals surface area contributed by atoms with E-state index in [1.165, 1.54) is 31.2 Å². The van der Waals surface area contributed by atoms with Crippen LogP contribution < -0.4 is 18.9 Å². The predicted octanol–water partition coefficient (Wildman–Crippen LogP) is 6.24. The first kappa shape index (κ1) is 23.8. The van der Waals surface area contributed by atoms with Crippen LogP contribution in [0.5, 0.6) is 23.0 Å². The molecule has 6 heteroatoms. The van der Waals surface area contributed by atoms with Crippen molar-refractivity contribution >= 4 is 5.97 Å². The zero-order valence-corrected chi connectivity index (χ0v) is 21.0. The summed E-state index contributed by atoms with van der Waals surface area (Å²) in [5.41, 5.74) is 1.65. The third-order valence-corrected chi connectivity index (χ3v) is 8.58. The molecule has 1 N–H and O–H groups in total. The van der Waals surface area contributed by atoms with Crippen LogP contribution in [0.2, 0.25) is 0 Å². The molecule has 0 aromatic heterocycles. The second-order valence-electron chi connectivity index (χ2n) is 10.3. The van der Waals surface area contributed by atoms with Crippen LogP contribution in [-0.4, -0.2) is 31.4 Å². The van der Waals surface area contributed by atoms with Crippen LogP contribution in [0.4, 0.5) is 0 Å². The van der Waals surface area contributed by atoms with Crippen LogP contribution in [0.15, 0.2) is 36.4 Å². The standard InChI is InChI=1S/C29H36O6/c1-19(27(30)31)34-24-17-20(32-2)11-13-23(24)29-16-8-5-9-26(29)28(14-6-4-7-15-28)22-12-10-21(33-3)18-25(22)35-29/h10-13,17-19,26H,4-9,14-16H2,1-3H3,(H,30,31). The number of hydrogen-bond donors (Lipinski definition) is 1. The summed E-state index contributed by atoms with van der Waals surface area (Å²) >= 11 is 0. The molecule has 2 aromatic rings. The summed E-state index contributed by atoms with van der Waals surface area (Å²) in [4.78, 5) is 11.7. The molecule has 3 aliphatic rings. The molecule has 0 saturated heterocycles. The van der Waals surface area contributed by atoms with Crippen LogP contribution in [0, 0.1) is 5.92 Å². The number of ether oxygens (including phenoxy) is 4. The van der Waals surface area contributed by atoms with Gasteiger partial charge >= 0.3 is 5.97 Å². The molecule has 5 rings (SSSR count). The van der Waals surface area contributed by atoms with Crippen LogP contribution in [0.25, 0.3) is 0 Å². The highest BCUT2D eigenvalue weighted by molar-refractivity contribution is 5.72. The van der Waals surface area contributed by atoms with Crippen molar-refractivity contribution in [1.82, 2.24) is 0 Å². The van der Waals surface area contributed by atoms with Crippen molar-refractivity contribution in [2.75, 3.05) is 14.2 Å². The average molecular weight is 481 g/mol. The van der Waals surface area contributed by atoms with Gasteiger partial charge in [-0.25, -0.2) is 4.79 Å². The second-order valence-corrected chi connectivity index (χ2v) is 10.3. The van der Waals surface area contributed by atoms with E-state index in [0.29, 0.717) is 11.5 Å². The maximum absolute atomic E-state index is 11.7. The summed E-state index contributed by atoms with van der Waals surface area (Å²) < 4.78 is 24.2. The number of fused-ring (bicyclic) bond motifs is 4. The molecular weight excluding hydrogens is 444 g/mol. The van der Waals surface area contributed by atoms with Gasteiger partial charge in [-0.15, -0.1) is 0 Å². The average Bonchev–Trinajstić information content (AvgIpc) is 2.88. The van der Waals surface area contributed by atoms with E-state index in [9.17, 15) is 9.90 Å². The first-order chi connectivity index (χ1) is 16.9. The highest BCUT2D eigenvalue weighted by Crippen LogP contribution is 2.64. The molecule has 6 nitrogen and oxygen atoms in total. The smallest absolute Gasteiger partial charge is 0.344 e. The minimum Gasteiger partial charge on any atom is -0.497 e. The second kappa shape index (κ2) is 9.29. The first-order valence-corrected chi connectivity index (χ1v) is 12.9. The fraction of sp³-hybridized carbons (Fsp3) is 0.552. The van der Waals surface area contributed by atoms with Crippen molar-refractivity contribution in [3.05, 3.63) is 47.5 Å². The van der Waals surface area contributed by atoms with Crippen molar-refractivity contribution in [2.24, 2.45) is 5.92 Å². The maximum Gasteiger partial charge on any atom is 0.344 e. The van der Waals surface area contributed by atoms with Gasteiger partial charge in [-0.1, -0.05) is 31.7 Å². The van der Waals surface area contributed by atoms with Gasteiger partial charge in [0.1, 0.15) is 28.6 Å². The Morgan fingerprint density at radius 3 is 2.29 bits per heavy atom. The molecule has 1 aliphatic heterocycles. The van der Waals surface area contributed by atoms with Gasteiger partial charge in [0.15, 0.2) is 6.10 Å². The number of methoxy groups -OCH3 is 2. The van der Waals surface area contributed by atoms with E-state index < -0.39 is 17.7 Å². The van der Waals surface area contributed by atoms with Crippen molar-refractivity contribution in [3.63, 3.8) is 0 Å². The highest BCUT2D eigenvalue weighted by Gasteiger charge is 2.60. The predicted molar refractivity (Wildman–Crippen MR) is 133 cm³/mol. The number of hydrogen-bond acceptors (Lipinski definition) is 5. The summed E-state index contributed by atoms with van der Waals surface area (Å²) in [6, 6.07) is 12.1. The summed E-state index contributed by atoms with van der Waals surface area (Å²) in [7, 11) is 3.29. The SMILES string of the molecule is COc1ccc2c(c1)OC1(c3ccc(OC)cc3OC(C)C(=O)O)CCCCC1C21CCCCC1. The lowest BCUT2D eigenvalue weighted by atomic mass is 9.51. The zero-order chi connectivity index (χ0) is 24.6. The van der Waals surface area contributed by atoms with E-state index in [1.54, 1.807) is 21.1 Å². The van der Waals surface area contributed by atoms with Crippen LogP contribution in [-0.2, 0) is 15.8 Å². The number of benzene rings is 2. The van der Waals surface area contributed by atoms with E-state index in [1.807, 2.05) is 24.3 Å². The monoisotopic (exact) mass is 480 g/mol. The van der Waals surface area contributed by atoms with Gasteiger partial charge in [0.05, 0.1) is 14.2 Å². The Morgan fingerprint density at radius 2 is 1.60 bits per heavy atom. The lowest BCUT2D eigenvalue weighted by Gasteiger charge is -2.59. The molecule has 2 fully saturated rings.